The van der Waals surface area contributed by atoms with Gasteiger partial charge in [0.05, 0.1) is 0 Å². The van der Waals surface area contributed by atoms with Gasteiger partial charge in [-0.2, -0.15) is 4.98 Å². The molecule has 1 aromatic heterocycles. The first-order valence-corrected chi connectivity index (χ1v) is 8.39. The third-order valence-electron chi connectivity index (χ3n) is 5.16. The van der Waals surface area contributed by atoms with E-state index in [4.69, 9.17) is 15.0 Å². The van der Waals surface area contributed by atoms with E-state index in [0.29, 0.717) is 17.9 Å². The first-order valence-electron chi connectivity index (χ1n) is 8.39. The van der Waals surface area contributed by atoms with E-state index >= 15 is 0 Å². The van der Waals surface area contributed by atoms with Crippen molar-refractivity contribution in [2.75, 3.05) is 7.11 Å². The van der Waals surface area contributed by atoms with Crippen LogP contribution in [0.2, 0.25) is 0 Å². The monoisotopic (exact) mass is 293 g/mol. The third kappa shape index (κ3) is 3.46. The number of nitrogens with two attached hydrogens (primary N) is 1. The predicted octanol–water partition coefficient (Wildman–Crippen LogP) is 3.32. The highest BCUT2D eigenvalue weighted by molar-refractivity contribution is 5.00. The standard InChI is InChI=1S/C16H27N3O2/c1-20-14(11-5-3-2-4-6-11)15-18-16(21-19-15)12-7-9-13(17)10-8-12/h11-14H,2-10,17H2,1H3. The fourth-order valence-electron chi connectivity index (χ4n) is 3.84. The lowest BCUT2D eigenvalue weighted by Gasteiger charge is -2.27. The molecule has 118 valence electrons. The van der Waals surface area contributed by atoms with Gasteiger partial charge in [-0.25, -0.2) is 0 Å². The van der Waals surface area contributed by atoms with Crippen molar-refractivity contribution in [1.29, 1.82) is 0 Å². The molecule has 1 atom stereocenters. The molecule has 2 fully saturated rings. The molecule has 1 heterocycles. The Kier molecular flexibility index (Phi) is 4.91. The van der Waals surface area contributed by atoms with Crippen molar-refractivity contribution >= 4 is 0 Å². The maximum atomic E-state index is 5.96. The highest BCUT2D eigenvalue weighted by Gasteiger charge is 2.31. The molecule has 0 aliphatic heterocycles. The summed E-state index contributed by atoms with van der Waals surface area (Å²) in [5, 5.41) is 4.21. The second kappa shape index (κ2) is 6.88. The Balaban J connectivity index is 1.67. The molecule has 0 aromatic carbocycles. The average Bonchev–Trinajstić information content (AvgIpc) is 2.99. The van der Waals surface area contributed by atoms with Gasteiger partial charge < -0.3 is 15.0 Å². The summed E-state index contributed by atoms with van der Waals surface area (Å²) >= 11 is 0. The van der Waals surface area contributed by atoms with Gasteiger partial charge in [-0.05, 0) is 44.4 Å². The van der Waals surface area contributed by atoms with Gasteiger partial charge in [0, 0.05) is 19.1 Å². The number of rotatable bonds is 4. The topological polar surface area (TPSA) is 74.2 Å². The van der Waals surface area contributed by atoms with Gasteiger partial charge >= 0.3 is 0 Å². The lowest BCUT2D eigenvalue weighted by molar-refractivity contribution is 0.0273. The molecule has 5 nitrogen and oxygen atoms in total. The van der Waals surface area contributed by atoms with Crippen LogP contribution < -0.4 is 5.73 Å². The van der Waals surface area contributed by atoms with Crippen LogP contribution in [0.5, 0.6) is 0 Å². The van der Waals surface area contributed by atoms with E-state index in [1.807, 2.05) is 0 Å². The first-order chi connectivity index (χ1) is 10.3. The molecule has 0 radical (unpaired) electrons. The lowest BCUT2D eigenvalue weighted by Crippen LogP contribution is -2.25. The molecule has 2 N–H and O–H groups in total. The number of nitrogens with zero attached hydrogens (tertiary/aromatic N) is 2. The first kappa shape index (κ1) is 15.0. The summed E-state index contributed by atoms with van der Waals surface area (Å²) in [6, 6.07) is 0.345. The van der Waals surface area contributed by atoms with Crippen LogP contribution >= 0.6 is 0 Å². The van der Waals surface area contributed by atoms with Crippen LogP contribution in [0.15, 0.2) is 4.52 Å². The van der Waals surface area contributed by atoms with E-state index in [1.165, 1.54) is 32.1 Å². The molecule has 2 aliphatic rings. The van der Waals surface area contributed by atoms with Gasteiger partial charge in [0.15, 0.2) is 0 Å². The summed E-state index contributed by atoms with van der Waals surface area (Å²) in [5.41, 5.74) is 5.96. The van der Waals surface area contributed by atoms with Crippen molar-refractivity contribution in [3.63, 3.8) is 0 Å². The Morgan fingerprint density at radius 3 is 2.48 bits per heavy atom. The van der Waals surface area contributed by atoms with Crippen LogP contribution in [0.25, 0.3) is 0 Å². The molecule has 5 heteroatoms. The van der Waals surface area contributed by atoms with Gasteiger partial charge in [-0.3, -0.25) is 0 Å². The van der Waals surface area contributed by atoms with Gasteiger partial charge in [0.2, 0.25) is 11.7 Å². The number of methoxy groups -OCH3 is 1. The van der Waals surface area contributed by atoms with Crippen molar-refractivity contribution < 1.29 is 9.26 Å². The fraction of sp³-hybridized carbons (Fsp3) is 0.875. The van der Waals surface area contributed by atoms with E-state index < -0.39 is 0 Å². The quantitative estimate of drug-likeness (QED) is 0.921. The number of hydrogen-bond acceptors (Lipinski definition) is 5. The Labute approximate surface area is 126 Å². The third-order valence-corrected chi connectivity index (χ3v) is 5.16. The predicted molar refractivity (Wildman–Crippen MR) is 79.8 cm³/mol. The molecule has 1 unspecified atom stereocenters. The molecular weight excluding hydrogens is 266 g/mol. The average molecular weight is 293 g/mol. The zero-order chi connectivity index (χ0) is 14.7. The van der Waals surface area contributed by atoms with Crippen molar-refractivity contribution in [1.82, 2.24) is 10.1 Å². The van der Waals surface area contributed by atoms with Crippen LogP contribution in [-0.4, -0.2) is 23.3 Å². The molecule has 0 saturated heterocycles. The van der Waals surface area contributed by atoms with Gasteiger partial charge in [-0.15, -0.1) is 0 Å². The zero-order valence-corrected chi connectivity index (χ0v) is 13.0. The molecular formula is C16H27N3O2. The highest BCUT2D eigenvalue weighted by Crippen LogP contribution is 2.37. The minimum absolute atomic E-state index is 0.00588. The molecule has 0 spiro atoms. The van der Waals surface area contributed by atoms with Crippen molar-refractivity contribution in [3.8, 4) is 0 Å². The molecule has 21 heavy (non-hydrogen) atoms. The summed E-state index contributed by atoms with van der Waals surface area (Å²) in [7, 11) is 1.76. The molecule has 0 amide bonds. The summed E-state index contributed by atoms with van der Waals surface area (Å²) in [6.45, 7) is 0. The van der Waals surface area contributed by atoms with Crippen molar-refractivity contribution in [3.05, 3.63) is 11.7 Å². The Bertz CT molecular complexity index is 434. The minimum Gasteiger partial charge on any atom is -0.373 e. The maximum Gasteiger partial charge on any atom is 0.229 e. The van der Waals surface area contributed by atoms with Crippen LogP contribution in [0, 0.1) is 5.92 Å². The molecule has 1 aromatic rings. The summed E-state index contributed by atoms with van der Waals surface area (Å²) in [4.78, 5) is 4.66. The largest absolute Gasteiger partial charge is 0.373 e. The van der Waals surface area contributed by atoms with Crippen LogP contribution in [0.4, 0.5) is 0 Å². The summed E-state index contributed by atoms with van der Waals surface area (Å²) in [6.07, 6.45) is 10.6. The normalized spacial score (nSPS) is 29.4. The Morgan fingerprint density at radius 2 is 1.81 bits per heavy atom. The molecule has 3 rings (SSSR count). The SMILES string of the molecule is COC(c1noc(C2CCC(N)CC2)n1)C1CCCCC1. The van der Waals surface area contributed by atoms with Gasteiger partial charge in [0.1, 0.15) is 6.10 Å². The Hall–Kier alpha value is -0.940. The highest BCUT2D eigenvalue weighted by atomic mass is 16.5. The Morgan fingerprint density at radius 1 is 1.10 bits per heavy atom. The van der Waals surface area contributed by atoms with E-state index in [-0.39, 0.29) is 6.10 Å². The van der Waals surface area contributed by atoms with E-state index in [0.717, 1.165) is 37.4 Å². The summed E-state index contributed by atoms with van der Waals surface area (Å²) in [5.74, 6) is 2.45. The van der Waals surface area contributed by atoms with E-state index in [1.54, 1.807) is 7.11 Å². The maximum absolute atomic E-state index is 5.96. The molecule has 0 bridgehead atoms. The number of hydrogen-bond donors (Lipinski definition) is 1. The van der Waals surface area contributed by atoms with Crippen molar-refractivity contribution in [2.24, 2.45) is 11.7 Å². The van der Waals surface area contributed by atoms with Crippen LogP contribution in [0.1, 0.15) is 81.5 Å². The lowest BCUT2D eigenvalue weighted by atomic mass is 9.84. The zero-order valence-electron chi connectivity index (χ0n) is 13.0. The van der Waals surface area contributed by atoms with Crippen LogP contribution in [0.3, 0.4) is 0 Å². The van der Waals surface area contributed by atoms with Gasteiger partial charge in [-0.1, -0.05) is 24.4 Å². The second-order valence-electron chi connectivity index (χ2n) is 6.66. The van der Waals surface area contributed by atoms with Crippen LogP contribution in [-0.2, 0) is 4.74 Å². The number of aromatic nitrogens is 2. The molecule has 2 saturated carbocycles. The fourth-order valence-corrected chi connectivity index (χ4v) is 3.84. The molecule has 2 aliphatic carbocycles. The summed E-state index contributed by atoms with van der Waals surface area (Å²) < 4.78 is 11.2. The van der Waals surface area contributed by atoms with E-state index in [2.05, 4.69) is 10.1 Å². The van der Waals surface area contributed by atoms with Crippen molar-refractivity contribution in [2.45, 2.75) is 75.9 Å². The van der Waals surface area contributed by atoms with Gasteiger partial charge in [0.25, 0.3) is 0 Å². The van der Waals surface area contributed by atoms with E-state index in [9.17, 15) is 0 Å². The second-order valence-corrected chi connectivity index (χ2v) is 6.66. The minimum atomic E-state index is -0.00588. The smallest absolute Gasteiger partial charge is 0.229 e. The number of ether oxygens (including phenoxy) is 1.